The van der Waals surface area contributed by atoms with E-state index in [0.29, 0.717) is 16.5 Å². The topological polar surface area (TPSA) is 12.0 Å². The van der Waals surface area contributed by atoms with Crippen LogP contribution in [0.25, 0.3) is 0 Å². The minimum atomic E-state index is -0.532. The van der Waals surface area contributed by atoms with Gasteiger partial charge in [-0.3, -0.25) is 0 Å². The van der Waals surface area contributed by atoms with Gasteiger partial charge in [-0.15, -0.1) is 0 Å². The van der Waals surface area contributed by atoms with Crippen molar-refractivity contribution in [2.75, 3.05) is 13.0 Å². The summed E-state index contributed by atoms with van der Waals surface area (Å²) in [5, 5.41) is 4.07. The third-order valence-electron chi connectivity index (χ3n) is 2.49. The number of benzene rings is 1. The normalized spacial score (nSPS) is 33.4. The van der Waals surface area contributed by atoms with E-state index in [9.17, 15) is 0 Å². The molecule has 0 spiro atoms. The van der Waals surface area contributed by atoms with Crippen molar-refractivity contribution in [2.24, 2.45) is 0 Å². The van der Waals surface area contributed by atoms with E-state index < -0.39 is 6.52 Å². The van der Waals surface area contributed by atoms with E-state index in [1.807, 2.05) is 0 Å². The summed E-state index contributed by atoms with van der Waals surface area (Å²) in [6.07, 6.45) is 1.46. The maximum absolute atomic E-state index is 8.00. The van der Waals surface area contributed by atoms with Crippen LogP contribution in [0.5, 0.6) is 0 Å². The Morgan fingerprint density at radius 2 is 2.27 bits per heavy atom. The SMILES string of the molecule is [2H]C1CCC(c2c(Cl)ccc(Br)c2Cl)C([2H])N1. The third-order valence-corrected chi connectivity index (χ3v) is 4.11. The molecule has 82 valence electrons. The Morgan fingerprint density at radius 3 is 3.00 bits per heavy atom. The van der Waals surface area contributed by atoms with Crippen LogP contribution in [0.2, 0.25) is 10.0 Å². The molecule has 1 nitrogen and oxygen atoms in total. The molecule has 0 bridgehead atoms. The molecule has 1 fully saturated rings. The molecule has 3 unspecified atom stereocenters. The Labute approximate surface area is 111 Å². The van der Waals surface area contributed by atoms with E-state index in [1.165, 1.54) is 0 Å². The highest BCUT2D eigenvalue weighted by Crippen LogP contribution is 2.38. The van der Waals surface area contributed by atoms with Crippen molar-refractivity contribution in [2.45, 2.75) is 18.8 Å². The van der Waals surface area contributed by atoms with Gasteiger partial charge in [-0.1, -0.05) is 23.2 Å². The lowest BCUT2D eigenvalue weighted by Crippen LogP contribution is -2.28. The molecule has 15 heavy (non-hydrogen) atoms. The first-order valence-electron chi connectivity index (χ1n) is 5.90. The molecule has 1 aromatic carbocycles. The zero-order valence-corrected chi connectivity index (χ0v) is 11.0. The van der Waals surface area contributed by atoms with E-state index in [1.54, 1.807) is 12.1 Å². The fourth-order valence-corrected chi connectivity index (χ4v) is 2.72. The number of hydrogen-bond donors (Lipinski definition) is 1. The quantitative estimate of drug-likeness (QED) is 0.766. The molecule has 1 aliphatic heterocycles. The zero-order chi connectivity index (χ0) is 12.6. The molecule has 2 rings (SSSR count). The summed E-state index contributed by atoms with van der Waals surface area (Å²) < 4.78 is 16.4. The van der Waals surface area contributed by atoms with Crippen molar-refractivity contribution in [3.05, 3.63) is 32.2 Å². The Balaban J connectivity index is 2.37. The number of piperidine rings is 1. The first-order chi connectivity index (χ1) is 8.00. The molecule has 1 aromatic rings. The van der Waals surface area contributed by atoms with Gasteiger partial charge in [0.05, 0.1) is 5.02 Å². The van der Waals surface area contributed by atoms with Gasteiger partial charge in [-0.05, 0) is 58.9 Å². The summed E-state index contributed by atoms with van der Waals surface area (Å²) in [4.78, 5) is 0. The van der Waals surface area contributed by atoms with Gasteiger partial charge in [0, 0.05) is 18.8 Å². The lowest BCUT2D eigenvalue weighted by molar-refractivity contribution is 0.462. The molecule has 1 aliphatic rings. The van der Waals surface area contributed by atoms with Gasteiger partial charge in [-0.25, -0.2) is 0 Å². The van der Waals surface area contributed by atoms with Gasteiger partial charge in [0.25, 0.3) is 0 Å². The standard InChI is InChI=1S/C11H12BrCl2N/c12-8-3-4-9(13)10(11(8)14)7-2-1-5-15-6-7/h3-4,7,15H,1-2,5-6H2/i5D,6D. The Morgan fingerprint density at radius 1 is 1.47 bits per heavy atom. The molecule has 4 heteroatoms. The molecule has 0 amide bonds. The maximum atomic E-state index is 8.00. The minimum Gasteiger partial charge on any atom is -0.316 e. The van der Waals surface area contributed by atoms with Gasteiger partial charge >= 0.3 is 0 Å². The van der Waals surface area contributed by atoms with Gasteiger partial charge in [0.15, 0.2) is 0 Å². The summed E-state index contributed by atoms with van der Waals surface area (Å²) in [6.45, 7) is -0.894. The Hall–Kier alpha value is 0.240. The van der Waals surface area contributed by atoms with Crippen LogP contribution in [0.4, 0.5) is 0 Å². The molecular formula is C11H12BrCl2N. The molecule has 1 N–H and O–H groups in total. The van der Waals surface area contributed by atoms with E-state index >= 15 is 0 Å². The van der Waals surface area contributed by atoms with Crippen LogP contribution in [0.1, 0.15) is 27.1 Å². The van der Waals surface area contributed by atoms with Crippen LogP contribution in [-0.4, -0.2) is 13.0 Å². The van der Waals surface area contributed by atoms with Crippen molar-refractivity contribution in [3.8, 4) is 0 Å². The van der Waals surface area contributed by atoms with Crippen molar-refractivity contribution < 1.29 is 2.74 Å². The minimum absolute atomic E-state index is 0.0610. The summed E-state index contributed by atoms with van der Waals surface area (Å²) in [6, 6.07) is 3.59. The highest BCUT2D eigenvalue weighted by molar-refractivity contribution is 9.10. The van der Waals surface area contributed by atoms with Crippen molar-refractivity contribution >= 4 is 39.1 Å². The zero-order valence-electron chi connectivity index (χ0n) is 9.93. The second-order valence-corrected chi connectivity index (χ2v) is 5.12. The molecule has 1 saturated heterocycles. The molecule has 0 saturated carbocycles. The van der Waals surface area contributed by atoms with Gasteiger partial charge < -0.3 is 5.32 Å². The van der Waals surface area contributed by atoms with Crippen LogP contribution < -0.4 is 5.32 Å². The summed E-state index contributed by atoms with van der Waals surface area (Å²) in [5.74, 6) is -0.0610. The Kier molecular flexibility index (Phi) is 3.13. The largest absolute Gasteiger partial charge is 0.316 e. The van der Waals surface area contributed by atoms with E-state index in [2.05, 4.69) is 21.2 Å². The monoisotopic (exact) mass is 309 g/mol. The van der Waals surface area contributed by atoms with Gasteiger partial charge in [0.1, 0.15) is 0 Å². The highest BCUT2D eigenvalue weighted by atomic mass is 79.9. The fraction of sp³-hybridized carbons (Fsp3) is 0.455. The van der Waals surface area contributed by atoms with Crippen LogP contribution in [0.15, 0.2) is 16.6 Å². The number of hydrogen-bond acceptors (Lipinski definition) is 1. The van der Waals surface area contributed by atoms with Gasteiger partial charge in [-0.2, -0.15) is 0 Å². The third kappa shape index (κ3) is 2.50. The van der Waals surface area contributed by atoms with Crippen molar-refractivity contribution in [1.29, 1.82) is 0 Å². The molecular weight excluding hydrogens is 297 g/mol. The average molecular weight is 311 g/mol. The van der Waals surface area contributed by atoms with Crippen LogP contribution in [0, 0.1) is 0 Å². The first kappa shape index (κ1) is 9.29. The highest BCUT2D eigenvalue weighted by Gasteiger charge is 2.21. The Bertz CT molecular complexity index is 430. The molecule has 3 atom stereocenters. The fourth-order valence-electron chi connectivity index (χ4n) is 1.72. The summed E-state index contributed by atoms with van der Waals surface area (Å²) in [5.41, 5.74) is 0.808. The van der Waals surface area contributed by atoms with Crippen molar-refractivity contribution in [3.63, 3.8) is 0 Å². The van der Waals surface area contributed by atoms with Crippen molar-refractivity contribution in [1.82, 2.24) is 5.32 Å². The predicted octanol–water partition coefficient (Wildman–Crippen LogP) is 4.22. The van der Waals surface area contributed by atoms with E-state index in [0.717, 1.165) is 16.5 Å². The predicted molar refractivity (Wildman–Crippen MR) is 69.0 cm³/mol. The van der Waals surface area contributed by atoms with E-state index in [4.69, 9.17) is 25.9 Å². The second kappa shape index (κ2) is 5.05. The second-order valence-electron chi connectivity index (χ2n) is 3.48. The number of nitrogens with one attached hydrogen (secondary N) is 1. The number of halogens is 3. The van der Waals surface area contributed by atoms with Gasteiger partial charge in [0.2, 0.25) is 0 Å². The van der Waals surface area contributed by atoms with Crippen LogP contribution >= 0.6 is 39.1 Å². The summed E-state index contributed by atoms with van der Waals surface area (Å²) in [7, 11) is 0. The van der Waals surface area contributed by atoms with Crippen LogP contribution in [-0.2, 0) is 0 Å². The lowest BCUT2D eigenvalue weighted by Gasteiger charge is -2.25. The average Bonchev–Trinajstić information content (AvgIpc) is 2.27. The molecule has 1 heterocycles. The first-order valence-corrected chi connectivity index (χ1v) is 6.29. The molecule has 0 aromatic heterocycles. The maximum Gasteiger partial charge on any atom is 0.0598 e. The molecule has 0 aliphatic carbocycles. The lowest BCUT2D eigenvalue weighted by atomic mass is 9.91. The van der Waals surface area contributed by atoms with Crippen LogP contribution in [0.3, 0.4) is 0 Å². The molecule has 0 radical (unpaired) electrons. The smallest absolute Gasteiger partial charge is 0.0598 e. The van der Waals surface area contributed by atoms with E-state index in [-0.39, 0.29) is 12.4 Å². The number of rotatable bonds is 1. The summed E-state index contributed by atoms with van der Waals surface area (Å²) >= 11 is 15.8.